The van der Waals surface area contributed by atoms with Crippen LogP contribution in [0.1, 0.15) is 18.9 Å². The standard InChI is InChI=1S/C11H15N3O3/c1-8(6-10(15)16)14(11(12)17)7-9-2-4-13-5-3-9/h2-5,8H,6-7H2,1H3,(H2,12,17)(H,15,16). The lowest BCUT2D eigenvalue weighted by molar-refractivity contribution is -0.138. The van der Waals surface area contributed by atoms with Crippen LogP contribution in [0.25, 0.3) is 0 Å². The second-order valence-electron chi connectivity index (χ2n) is 3.77. The van der Waals surface area contributed by atoms with E-state index in [4.69, 9.17) is 10.8 Å². The molecule has 1 aromatic rings. The van der Waals surface area contributed by atoms with Crippen LogP contribution in [-0.4, -0.2) is 33.0 Å². The zero-order valence-corrected chi connectivity index (χ0v) is 9.54. The highest BCUT2D eigenvalue weighted by Crippen LogP contribution is 2.09. The van der Waals surface area contributed by atoms with Gasteiger partial charge in [0.15, 0.2) is 0 Å². The Balaban J connectivity index is 2.73. The topological polar surface area (TPSA) is 96.5 Å². The van der Waals surface area contributed by atoms with E-state index >= 15 is 0 Å². The Morgan fingerprint density at radius 3 is 2.53 bits per heavy atom. The highest BCUT2D eigenvalue weighted by Gasteiger charge is 2.20. The van der Waals surface area contributed by atoms with Gasteiger partial charge in [-0.15, -0.1) is 0 Å². The number of nitrogens with zero attached hydrogens (tertiary/aromatic N) is 2. The van der Waals surface area contributed by atoms with Crippen molar-refractivity contribution in [3.05, 3.63) is 30.1 Å². The van der Waals surface area contributed by atoms with Gasteiger partial charge in [0.2, 0.25) is 0 Å². The number of carbonyl (C=O) groups excluding carboxylic acids is 1. The van der Waals surface area contributed by atoms with Gasteiger partial charge in [-0.3, -0.25) is 9.78 Å². The summed E-state index contributed by atoms with van der Waals surface area (Å²) in [5, 5.41) is 8.69. The number of urea groups is 1. The molecule has 0 fully saturated rings. The molecule has 2 amide bonds. The molecule has 3 N–H and O–H groups in total. The molecule has 1 atom stereocenters. The lowest BCUT2D eigenvalue weighted by Crippen LogP contribution is -2.42. The SMILES string of the molecule is CC(CC(=O)O)N(Cc1ccncc1)C(N)=O. The molecule has 0 saturated carbocycles. The number of carbonyl (C=O) groups is 2. The smallest absolute Gasteiger partial charge is 0.315 e. The van der Waals surface area contributed by atoms with E-state index in [1.165, 1.54) is 4.90 Å². The predicted molar refractivity (Wildman–Crippen MR) is 61.1 cm³/mol. The third-order valence-corrected chi connectivity index (χ3v) is 2.39. The fraction of sp³-hybridized carbons (Fsp3) is 0.364. The van der Waals surface area contributed by atoms with Crippen LogP contribution < -0.4 is 5.73 Å². The zero-order chi connectivity index (χ0) is 12.8. The molecular weight excluding hydrogens is 222 g/mol. The van der Waals surface area contributed by atoms with Gasteiger partial charge in [0, 0.05) is 25.0 Å². The molecule has 0 aromatic carbocycles. The van der Waals surface area contributed by atoms with Crippen molar-refractivity contribution in [3.63, 3.8) is 0 Å². The van der Waals surface area contributed by atoms with Gasteiger partial charge in [0.1, 0.15) is 0 Å². The molecule has 6 heteroatoms. The molecule has 17 heavy (non-hydrogen) atoms. The maximum atomic E-state index is 11.3. The number of aromatic nitrogens is 1. The van der Waals surface area contributed by atoms with E-state index in [9.17, 15) is 9.59 Å². The highest BCUT2D eigenvalue weighted by molar-refractivity contribution is 5.74. The van der Waals surface area contributed by atoms with E-state index < -0.39 is 18.0 Å². The van der Waals surface area contributed by atoms with Gasteiger partial charge >= 0.3 is 12.0 Å². The van der Waals surface area contributed by atoms with Gasteiger partial charge in [0.25, 0.3) is 0 Å². The summed E-state index contributed by atoms with van der Waals surface area (Å²) in [5.74, 6) is -0.960. The Bertz CT molecular complexity index is 394. The molecule has 1 rings (SSSR count). The van der Waals surface area contributed by atoms with Gasteiger partial charge in [-0.05, 0) is 24.6 Å². The van der Waals surface area contributed by atoms with Crippen LogP contribution in [0.2, 0.25) is 0 Å². The summed E-state index contributed by atoms with van der Waals surface area (Å²) >= 11 is 0. The summed E-state index contributed by atoms with van der Waals surface area (Å²) in [7, 11) is 0. The lowest BCUT2D eigenvalue weighted by atomic mass is 10.1. The average molecular weight is 237 g/mol. The van der Waals surface area contributed by atoms with Crippen molar-refractivity contribution in [1.82, 2.24) is 9.88 Å². The van der Waals surface area contributed by atoms with Crippen molar-refractivity contribution >= 4 is 12.0 Å². The van der Waals surface area contributed by atoms with Crippen LogP contribution in [0.15, 0.2) is 24.5 Å². The zero-order valence-electron chi connectivity index (χ0n) is 9.54. The summed E-state index contributed by atoms with van der Waals surface area (Å²) in [6, 6.07) is 2.43. The number of nitrogens with two attached hydrogens (primary N) is 1. The number of carboxylic acids is 1. The molecule has 0 aliphatic heterocycles. The predicted octanol–water partition coefficient (Wildman–Crippen LogP) is 0.826. The third kappa shape index (κ3) is 4.10. The van der Waals surface area contributed by atoms with Crippen LogP contribution in [0.5, 0.6) is 0 Å². The Kier molecular flexibility index (Phi) is 4.45. The Morgan fingerprint density at radius 2 is 2.06 bits per heavy atom. The van der Waals surface area contributed by atoms with Crippen molar-refractivity contribution in [2.45, 2.75) is 25.9 Å². The number of carboxylic acid groups (broad SMARTS) is 1. The summed E-state index contributed by atoms with van der Waals surface area (Å²) < 4.78 is 0. The average Bonchev–Trinajstić information content (AvgIpc) is 2.25. The monoisotopic (exact) mass is 237 g/mol. The minimum absolute atomic E-state index is 0.131. The van der Waals surface area contributed by atoms with Crippen molar-refractivity contribution in [3.8, 4) is 0 Å². The van der Waals surface area contributed by atoms with E-state index in [2.05, 4.69) is 4.98 Å². The van der Waals surface area contributed by atoms with Crippen molar-refractivity contribution in [2.75, 3.05) is 0 Å². The van der Waals surface area contributed by atoms with Gasteiger partial charge in [0.05, 0.1) is 6.42 Å². The van der Waals surface area contributed by atoms with Crippen molar-refractivity contribution in [2.24, 2.45) is 5.73 Å². The van der Waals surface area contributed by atoms with Gasteiger partial charge in [-0.1, -0.05) is 0 Å². The quantitative estimate of drug-likeness (QED) is 0.792. The molecular formula is C11H15N3O3. The van der Waals surface area contributed by atoms with Gasteiger partial charge in [-0.25, -0.2) is 4.79 Å². The number of rotatable bonds is 5. The molecule has 6 nitrogen and oxygen atoms in total. The fourth-order valence-corrected chi connectivity index (χ4v) is 1.50. The van der Waals surface area contributed by atoms with Crippen LogP contribution in [0.3, 0.4) is 0 Å². The first-order valence-electron chi connectivity index (χ1n) is 5.17. The molecule has 92 valence electrons. The second kappa shape index (κ2) is 5.83. The number of primary amides is 1. The molecule has 1 aromatic heterocycles. The minimum Gasteiger partial charge on any atom is -0.481 e. The minimum atomic E-state index is -0.960. The maximum absolute atomic E-state index is 11.3. The summed E-state index contributed by atoms with van der Waals surface area (Å²) in [6.45, 7) is 1.94. The van der Waals surface area contributed by atoms with E-state index in [1.54, 1.807) is 31.5 Å². The molecule has 1 unspecified atom stereocenters. The van der Waals surface area contributed by atoms with Crippen LogP contribution in [0.4, 0.5) is 4.79 Å². The number of hydrogen-bond donors (Lipinski definition) is 2. The first kappa shape index (κ1) is 13.0. The van der Waals surface area contributed by atoms with Gasteiger partial charge < -0.3 is 15.7 Å². The highest BCUT2D eigenvalue weighted by atomic mass is 16.4. The molecule has 1 heterocycles. The summed E-state index contributed by atoms with van der Waals surface area (Å²) in [6.07, 6.45) is 3.08. The number of amides is 2. The van der Waals surface area contributed by atoms with E-state index in [0.717, 1.165) is 5.56 Å². The van der Waals surface area contributed by atoms with Gasteiger partial charge in [-0.2, -0.15) is 0 Å². The normalized spacial score (nSPS) is 11.8. The third-order valence-electron chi connectivity index (χ3n) is 2.39. The van der Waals surface area contributed by atoms with E-state index in [0.29, 0.717) is 0 Å². The molecule has 0 aliphatic carbocycles. The lowest BCUT2D eigenvalue weighted by Gasteiger charge is -2.26. The molecule has 0 saturated heterocycles. The maximum Gasteiger partial charge on any atom is 0.315 e. The molecule has 0 radical (unpaired) electrons. The Labute approximate surface area is 99.1 Å². The largest absolute Gasteiger partial charge is 0.481 e. The summed E-state index contributed by atoms with van der Waals surface area (Å²) in [4.78, 5) is 27.1. The fourth-order valence-electron chi connectivity index (χ4n) is 1.50. The van der Waals surface area contributed by atoms with Crippen molar-refractivity contribution < 1.29 is 14.7 Å². The van der Waals surface area contributed by atoms with E-state index in [1.807, 2.05) is 0 Å². The number of hydrogen-bond acceptors (Lipinski definition) is 3. The van der Waals surface area contributed by atoms with Crippen LogP contribution in [-0.2, 0) is 11.3 Å². The first-order valence-corrected chi connectivity index (χ1v) is 5.17. The van der Waals surface area contributed by atoms with E-state index in [-0.39, 0.29) is 13.0 Å². The number of aliphatic carboxylic acids is 1. The Morgan fingerprint density at radius 1 is 1.47 bits per heavy atom. The molecule has 0 spiro atoms. The molecule has 0 bridgehead atoms. The first-order chi connectivity index (χ1) is 8.00. The molecule has 0 aliphatic rings. The van der Waals surface area contributed by atoms with Crippen molar-refractivity contribution in [1.29, 1.82) is 0 Å². The Hall–Kier alpha value is -2.11. The van der Waals surface area contributed by atoms with Crippen LogP contribution in [0, 0.1) is 0 Å². The summed E-state index contributed by atoms with van der Waals surface area (Å²) in [5.41, 5.74) is 6.10. The number of pyridine rings is 1. The van der Waals surface area contributed by atoms with Crippen LogP contribution >= 0.6 is 0 Å². The second-order valence-corrected chi connectivity index (χ2v) is 3.77.